The molecular formula is C12H13Cl2Zr-. The molecule has 15 heavy (non-hydrogen) atoms. The molecule has 3 heteroatoms. The molecule has 0 N–H and O–H groups in total. The Morgan fingerprint density at radius 3 is 2.40 bits per heavy atom. The molecule has 0 saturated carbocycles. The first-order valence-corrected chi connectivity index (χ1v) is 4.61. The summed E-state index contributed by atoms with van der Waals surface area (Å²) in [5.74, 6) is 0. The fourth-order valence-electron chi connectivity index (χ4n) is 2.21. The second kappa shape index (κ2) is 6.13. The Hall–Kier alpha value is 0.293. The van der Waals surface area contributed by atoms with E-state index in [1.165, 1.54) is 30.0 Å². The molecule has 0 fully saturated rings. The molecule has 0 nitrogen and oxygen atoms in total. The van der Waals surface area contributed by atoms with Gasteiger partial charge in [-0.05, 0) is 19.3 Å². The first kappa shape index (κ1) is 15.3. The average Bonchev–Trinajstić information content (AvgIpc) is 2.64. The average molecular weight is 319 g/mol. The van der Waals surface area contributed by atoms with E-state index in [9.17, 15) is 0 Å². The van der Waals surface area contributed by atoms with Gasteiger partial charge in [-0.1, -0.05) is 11.1 Å². The molecule has 80 valence electrons. The smallest absolute Gasteiger partial charge is 0 e. The van der Waals surface area contributed by atoms with Crippen molar-refractivity contribution in [2.45, 2.75) is 19.3 Å². The third-order valence-electron chi connectivity index (χ3n) is 2.85. The van der Waals surface area contributed by atoms with Gasteiger partial charge < -0.3 is 0 Å². The monoisotopic (exact) mass is 317 g/mol. The van der Waals surface area contributed by atoms with Crippen molar-refractivity contribution in [3.8, 4) is 0 Å². The van der Waals surface area contributed by atoms with Gasteiger partial charge in [0.05, 0.1) is 0 Å². The molecular weight excluding hydrogens is 306 g/mol. The van der Waals surface area contributed by atoms with Gasteiger partial charge in [0.1, 0.15) is 0 Å². The second-order valence-corrected chi connectivity index (χ2v) is 3.63. The summed E-state index contributed by atoms with van der Waals surface area (Å²) in [7, 11) is 0. The van der Waals surface area contributed by atoms with Gasteiger partial charge in [0.15, 0.2) is 0 Å². The fourth-order valence-corrected chi connectivity index (χ4v) is 2.21. The molecule has 2 aromatic rings. The number of benzene rings is 1. The van der Waals surface area contributed by atoms with Gasteiger partial charge in [0.25, 0.3) is 0 Å². The Morgan fingerprint density at radius 2 is 1.67 bits per heavy atom. The number of rotatable bonds is 0. The van der Waals surface area contributed by atoms with Crippen LogP contribution < -0.4 is 0 Å². The van der Waals surface area contributed by atoms with E-state index in [1.807, 2.05) is 0 Å². The molecule has 1 aliphatic carbocycles. The summed E-state index contributed by atoms with van der Waals surface area (Å²) in [4.78, 5) is 0. The van der Waals surface area contributed by atoms with Crippen LogP contribution in [0.3, 0.4) is 0 Å². The zero-order valence-electron chi connectivity index (χ0n) is 8.32. The number of fused-ring (bicyclic) bond motifs is 2. The molecule has 3 rings (SSSR count). The predicted molar refractivity (Wildman–Crippen MR) is 66.1 cm³/mol. The first-order valence-electron chi connectivity index (χ1n) is 4.61. The maximum atomic E-state index is 2.36. The Labute approximate surface area is 122 Å². The van der Waals surface area contributed by atoms with Crippen molar-refractivity contribution >= 4 is 35.6 Å². The summed E-state index contributed by atoms with van der Waals surface area (Å²) in [6, 6.07) is 11.3. The zero-order chi connectivity index (χ0) is 7.97. The van der Waals surface area contributed by atoms with Crippen LogP contribution in [0.5, 0.6) is 0 Å². The molecule has 0 unspecified atom stereocenters. The molecule has 2 aromatic carbocycles. The van der Waals surface area contributed by atoms with Crippen LogP contribution in [0.1, 0.15) is 17.5 Å². The second-order valence-electron chi connectivity index (χ2n) is 3.63. The van der Waals surface area contributed by atoms with Gasteiger partial charge in [-0.15, -0.1) is 53.8 Å². The van der Waals surface area contributed by atoms with E-state index in [1.54, 1.807) is 11.1 Å². The summed E-state index contributed by atoms with van der Waals surface area (Å²) >= 11 is 0. The normalized spacial score (nSPS) is 12.3. The number of hydrogen-bond acceptors (Lipinski definition) is 0. The van der Waals surface area contributed by atoms with Crippen LogP contribution in [0.15, 0.2) is 30.3 Å². The van der Waals surface area contributed by atoms with Crippen LogP contribution in [-0.2, 0) is 39.0 Å². The summed E-state index contributed by atoms with van der Waals surface area (Å²) in [5.41, 5.74) is 3.16. The quantitative estimate of drug-likeness (QED) is 0.646. The Kier molecular flexibility index (Phi) is 6.25. The van der Waals surface area contributed by atoms with Crippen molar-refractivity contribution in [3.05, 3.63) is 41.5 Å². The summed E-state index contributed by atoms with van der Waals surface area (Å²) in [6.07, 6.45) is 3.93. The number of halogens is 2. The molecule has 0 saturated heterocycles. The number of aryl methyl sites for hydroxylation is 2. The van der Waals surface area contributed by atoms with Crippen LogP contribution in [0.4, 0.5) is 0 Å². The van der Waals surface area contributed by atoms with Crippen LogP contribution in [0, 0.1) is 0 Å². The minimum Gasteiger partial charge on any atom is -0.168 e. The van der Waals surface area contributed by atoms with Crippen LogP contribution in [0.2, 0.25) is 0 Å². The van der Waals surface area contributed by atoms with Crippen LogP contribution in [-0.4, -0.2) is 0 Å². The van der Waals surface area contributed by atoms with Crippen LogP contribution in [0.25, 0.3) is 10.8 Å². The van der Waals surface area contributed by atoms with Crippen LogP contribution >= 0.6 is 24.8 Å². The van der Waals surface area contributed by atoms with E-state index in [2.05, 4.69) is 30.3 Å². The van der Waals surface area contributed by atoms with Crippen molar-refractivity contribution < 1.29 is 26.2 Å². The van der Waals surface area contributed by atoms with Gasteiger partial charge in [0, 0.05) is 26.2 Å². The van der Waals surface area contributed by atoms with Crippen molar-refractivity contribution in [2.24, 2.45) is 0 Å². The Balaban J connectivity index is 0.000000653. The number of hydrogen-bond donors (Lipinski definition) is 0. The zero-order valence-corrected chi connectivity index (χ0v) is 12.4. The van der Waals surface area contributed by atoms with E-state index in [-0.39, 0.29) is 51.0 Å². The van der Waals surface area contributed by atoms with Crippen molar-refractivity contribution in [1.29, 1.82) is 0 Å². The maximum Gasteiger partial charge on any atom is 0 e. The topological polar surface area (TPSA) is 0 Å². The molecule has 1 aliphatic rings. The SMILES string of the molecule is Cl.Cl.[Zr].c1cc2cc3c(cc2[cH-]1)CCC3. The third kappa shape index (κ3) is 2.70. The molecule has 0 bridgehead atoms. The minimum absolute atomic E-state index is 0. The molecule has 0 atom stereocenters. The van der Waals surface area contributed by atoms with Gasteiger partial charge in [-0.2, -0.15) is 12.1 Å². The Bertz CT molecular complexity index is 396. The van der Waals surface area contributed by atoms with Crippen molar-refractivity contribution in [3.63, 3.8) is 0 Å². The van der Waals surface area contributed by atoms with E-state index >= 15 is 0 Å². The van der Waals surface area contributed by atoms with Gasteiger partial charge in [-0.25, -0.2) is 0 Å². The van der Waals surface area contributed by atoms with Crippen molar-refractivity contribution in [1.82, 2.24) is 0 Å². The first-order chi connectivity index (χ1) is 5.93. The molecule has 0 amide bonds. The fraction of sp³-hybridized carbons (Fsp3) is 0.250. The molecule has 0 spiro atoms. The molecule has 0 aliphatic heterocycles. The third-order valence-corrected chi connectivity index (χ3v) is 2.85. The largest absolute Gasteiger partial charge is 0.168 e. The van der Waals surface area contributed by atoms with E-state index < -0.39 is 0 Å². The standard InChI is InChI=1S/C12H11.2ClH.Zr/c1-3-9-7-11-5-2-6-12(11)8-10(9)4-1;;;/h1,3-4,7-8H,2,5-6H2;2*1H;/q-1;;;. The Morgan fingerprint density at radius 1 is 1.00 bits per heavy atom. The van der Waals surface area contributed by atoms with Gasteiger partial charge in [0.2, 0.25) is 0 Å². The van der Waals surface area contributed by atoms with E-state index in [0.717, 1.165) is 0 Å². The molecule has 0 aromatic heterocycles. The van der Waals surface area contributed by atoms with Gasteiger partial charge >= 0.3 is 0 Å². The molecule has 0 radical (unpaired) electrons. The summed E-state index contributed by atoms with van der Waals surface area (Å²) < 4.78 is 0. The maximum absolute atomic E-state index is 2.36. The van der Waals surface area contributed by atoms with E-state index in [0.29, 0.717) is 0 Å². The summed E-state index contributed by atoms with van der Waals surface area (Å²) in [6.45, 7) is 0. The molecule has 0 heterocycles. The predicted octanol–water partition coefficient (Wildman–Crippen LogP) is 3.89. The minimum atomic E-state index is 0. The van der Waals surface area contributed by atoms with E-state index in [4.69, 9.17) is 0 Å². The van der Waals surface area contributed by atoms with Crippen molar-refractivity contribution in [2.75, 3.05) is 0 Å². The van der Waals surface area contributed by atoms with Gasteiger partial charge in [-0.3, -0.25) is 0 Å². The summed E-state index contributed by atoms with van der Waals surface area (Å²) in [5, 5.41) is 2.83.